The summed E-state index contributed by atoms with van der Waals surface area (Å²) in [4.78, 5) is 13.9. The zero-order valence-corrected chi connectivity index (χ0v) is 22.6. The van der Waals surface area contributed by atoms with E-state index in [4.69, 9.17) is 9.47 Å². The summed E-state index contributed by atoms with van der Waals surface area (Å²) in [5.41, 5.74) is 2.54. The lowest BCUT2D eigenvalue weighted by atomic mass is 10.1. The van der Waals surface area contributed by atoms with E-state index in [0.29, 0.717) is 18.0 Å². The number of hydrogen-bond acceptors (Lipinski definition) is 6. The SMILES string of the molecule is CCOc1ccc(N(CC(=O)NCCOc2cccc(C)c2C)S(=O)(=O)c2ccc(SC)cc2)cc1. The first-order valence-electron chi connectivity index (χ1n) is 11.6. The van der Waals surface area contributed by atoms with E-state index in [9.17, 15) is 13.2 Å². The van der Waals surface area contributed by atoms with E-state index in [2.05, 4.69) is 5.32 Å². The second-order valence-electron chi connectivity index (χ2n) is 8.01. The molecule has 0 radical (unpaired) electrons. The van der Waals surface area contributed by atoms with Crippen LogP contribution in [0.1, 0.15) is 18.1 Å². The fourth-order valence-electron chi connectivity index (χ4n) is 3.48. The second kappa shape index (κ2) is 12.7. The Bertz CT molecular complexity index is 1260. The average molecular weight is 529 g/mol. The molecular formula is C27H32N2O5S2. The molecule has 3 aromatic carbocycles. The Kier molecular flexibility index (Phi) is 9.66. The van der Waals surface area contributed by atoms with Crippen molar-refractivity contribution >= 4 is 33.4 Å². The molecule has 0 fully saturated rings. The molecular weight excluding hydrogens is 496 g/mol. The minimum Gasteiger partial charge on any atom is -0.494 e. The van der Waals surface area contributed by atoms with Gasteiger partial charge in [-0.05, 0) is 92.8 Å². The molecule has 36 heavy (non-hydrogen) atoms. The smallest absolute Gasteiger partial charge is 0.264 e. The van der Waals surface area contributed by atoms with Crippen molar-refractivity contribution in [3.05, 3.63) is 77.9 Å². The molecule has 7 nitrogen and oxygen atoms in total. The number of amides is 1. The minimum atomic E-state index is -3.99. The summed E-state index contributed by atoms with van der Waals surface area (Å²) in [6.07, 6.45) is 1.92. The average Bonchev–Trinajstić information content (AvgIpc) is 2.88. The normalized spacial score (nSPS) is 11.1. The largest absolute Gasteiger partial charge is 0.494 e. The molecule has 0 atom stereocenters. The predicted molar refractivity (Wildman–Crippen MR) is 145 cm³/mol. The van der Waals surface area contributed by atoms with Crippen molar-refractivity contribution in [3.63, 3.8) is 0 Å². The van der Waals surface area contributed by atoms with Gasteiger partial charge in [-0.2, -0.15) is 0 Å². The van der Waals surface area contributed by atoms with Crippen LogP contribution in [0.5, 0.6) is 11.5 Å². The molecule has 0 bridgehead atoms. The third-order valence-electron chi connectivity index (χ3n) is 5.61. The van der Waals surface area contributed by atoms with Crippen LogP contribution in [0.15, 0.2) is 76.5 Å². The van der Waals surface area contributed by atoms with Gasteiger partial charge >= 0.3 is 0 Å². The first-order chi connectivity index (χ1) is 17.3. The molecule has 0 saturated carbocycles. The number of aryl methyl sites for hydroxylation is 1. The first-order valence-corrected chi connectivity index (χ1v) is 14.3. The summed E-state index contributed by atoms with van der Waals surface area (Å²) in [7, 11) is -3.99. The summed E-state index contributed by atoms with van der Waals surface area (Å²) in [6, 6.07) is 19.1. The molecule has 3 aromatic rings. The summed E-state index contributed by atoms with van der Waals surface area (Å²) < 4.78 is 39.5. The summed E-state index contributed by atoms with van der Waals surface area (Å²) in [5, 5.41) is 2.76. The predicted octanol–water partition coefficient (Wildman–Crippen LogP) is 4.81. The van der Waals surface area contributed by atoms with Crippen LogP contribution in [-0.2, 0) is 14.8 Å². The Morgan fingerprint density at radius 1 is 0.972 bits per heavy atom. The van der Waals surface area contributed by atoms with Crippen LogP contribution in [0.25, 0.3) is 0 Å². The highest BCUT2D eigenvalue weighted by molar-refractivity contribution is 7.98. The van der Waals surface area contributed by atoms with E-state index in [1.807, 2.05) is 45.2 Å². The maximum absolute atomic E-state index is 13.5. The Morgan fingerprint density at radius 3 is 2.31 bits per heavy atom. The van der Waals surface area contributed by atoms with Crippen molar-refractivity contribution in [2.75, 3.05) is 36.9 Å². The highest BCUT2D eigenvalue weighted by Crippen LogP contribution is 2.27. The van der Waals surface area contributed by atoms with E-state index in [1.54, 1.807) is 48.5 Å². The van der Waals surface area contributed by atoms with Crippen LogP contribution in [0.2, 0.25) is 0 Å². The number of rotatable bonds is 12. The number of benzene rings is 3. The monoisotopic (exact) mass is 528 g/mol. The second-order valence-corrected chi connectivity index (χ2v) is 10.8. The Hall–Kier alpha value is -3.17. The summed E-state index contributed by atoms with van der Waals surface area (Å²) in [5.74, 6) is 0.949. The number of nitrogens with one attached hydrogen (secondary N) is 1. The third-order valence-corrected chi connectivity index (χ3v) is 8.14. The van der Waals surface area contributed by atoms with Gasteiger partial charge in [0.15, 0.2) is 0 Å². The van der Waals surface area contributed by atoms with Crippen molar-refractivity contribution < 1.29 is 22.7 Å². The first kappa shape index (κ1) is 27.4. The van der Waals surface area contributed by atoms with Crippen LogP contribution in [0.3, 0.4) is 0 Å². The lowest BCUT2D eigenvalue weighted by molar-refractivity contribution is -0.119. The van der Waals surface area contributed by atoms with E-state index in [1.165, 1.54) is 11.8 Å². The molecule has 0 aliphatic rings. The fraction of sp³-hybridized carbons (Fsp3) is 0.296. The van der Waals surface area contributed by atoms with Crippen LogP contribution >= 0.6 is 11.8 Å². The summed E-state index contributed by atoms with van der Waals surface area (Å²) in [6.45, 7) is 6.49. The molecule has 0 spiro atoms. The van der Waals surface area contributed by atoms with E-state index < -0.39 is 15.9 Å². The standard InChI is InChI=1S/C27H32N2O5S2/c1-5-33-23-11-9-22(10-12-23)29(36(31,32)25-15-13-24(35-4)14-16-25)19-27(30)28-17-18-34-26-8-6-7-20(2)21(26)3/h6-16H,5,17-19H2,1-4H3,(H,28,30). The van der Waals surface area contributed by atoms with Crippen molar-refractivity contribution in [1.29, 1.82) is 0 Å². The molecule has 9 heteroatoms. The van der Waals surface area contributed by atoms with Crippen molar-refractivity contribution in [2.24, 2.45) is 0 Å². The highest BCUT2D eigenvalue weighted by Gasteiger charge is 2.27. The van der Waals surface area contributed by atoms with E-state index in [-0.39, 0.29) is 24.6 Å². The number of hydrogen-bond donors (Lipinski definition) is 1. The van der Waals surface area contributed by atoms with Gasteiger partial charge in [0.2, 0.25) is 5.91 Å². The van der Waals surface area contributed by atoms with E-state index >= 15 is 0 Å². The number of sulfonamides is 1. The van der Waals surface area contributed by atoms with Gasteiger partial charge in [0.25, 0.3) is 10.0 Å². The van der Waals surface area contributed by atoms with Gasteiger partial charge in [0, 0.05) is 4.90 Å². The van der Waals surface area contributed by atoms with Gasteiger partial charge in [-0.25, -0.2) is 8.42 Å². The minimum absolute atomic E-state index is 0.111. The van der Waals surface area contributed by atoms with Gasteiger partial charge in [-0.3, -0.25) is 9.10 Å². The van der Waals surface area contributed by atoms with Crippen LogP contribution in [0.4, 0.5) is 5.69 Å². The molecule has 0 heterocycles. The highest BCUT2D eigenvalue weighted by atomic mass is 32.2. The molecule has 3 rings (SSSR count). The Labute approximate surface area is 217 Å². The molecule has 1 N–H and O–H groups in total. The quantitative estimate of drug-likeness (QED) is 0.268. The number of ether oxygens (including phenoxy) is 2. The number of anilines is 1. The zero-order valence-electron chi connectivity index (χ0n) is 21.0. The van der Waals surface area contributed by atoms with Crippen molar-refractivity contribution in [2.45, 2.75) is 30.6 Å². The molecule has 0 saturated heterocycles. The maximum atomic E-state index is 13.5. The number of carbonyl (C=O) groups excluding carboxylic acids is 1. The lowest BCUT2D eigenvalue weighted by Gasteiger charge is -2.24. The molecule has 0 aliphatic heterocycles. The molecule has 192 valence electrons. The zero-order chi connectivity index (χ0) is 26.1. The summed E-state index contributed by atoms with van der Waals surface area (Å²) >= 11 is 1.52. The van der Waals surface area contributed by atoms with Gasteiger partial charge in [0.05, 0.1) is 23.7 Å². The van der Waals surface area contributed by atoms with Gasteiger partial charge in [-0.15, -0.1) is 11.8 Å². The van der Waals surface area contributed by atoms with E-state index in [0.717, 1.165) is 26.1 Å². The van der Waals surface area contributed by atoms with Gasteiger partial charge < -0.3 is 14.8 Å². The maximum Gasteiger partial charge on any atom is 0.264 e. The third kappa shape index (κ3) is 6.95. The fourth-order valence-corrected chi connectivity index (χ4v) is 5.31. The van der Waals surface area contributed by atoms with Gasteiger partial charge in [-0.1, -0.05) is 12.1 Å². The molecule has 0 aromatic heterocycles. The number of carbonyl (C=O) groups is 1. The molecule has 0 unspecified atom stereocenters. The molecule has 1 amide bonds. The Balaban J connectivity index is 1.74. The van der Waals surface area contributed by atoms with Gasteiger partial charge in [0.1, 0.15) is 24.7 Å². The van der Waals surface area contributed by atoms with Crippen molar-refractivity contribution in [3.8, 4) is 11.5 Å². The lowest BCUT2D eigenvalue weighted by Crippen LogP contribution is -2.41. The van der Waals surface area contributed by atoms with Crippen LogP contribution in [-0.4, -0.2) is 46.9 Å². The molecule has 0 aliphatic carbocycles. The topological polar surface area (TPSA) is 84.9 Å². The Morgan fingerprint density at radius 2 is 1.67 bits per heavy atom. The van der Waals surface area contributed by atoms with Crippen molar-refractivity contribution in [1.82, 2.24) is 5.32 Å². The number of thioether (sulfide) groups is 1. The van der Waals surface area contributed by atoms with Crippen LogP contribution < -0.4 is 19.1 Å². The van der Waals surface area contributed by atoms with Crippen LogP contribution in [0, 0.1) is 13.8 Å². The number of nitrogens with zero attached hydrogens (tertiary/aromatic N) is 1.